The van der Waals surface area contributed by atoms with E-state index in [4.69, 9.17) is 4.74 Å². The normalized spacial score (nSPS) is 16.3. The number of ether oxygens (including phenoxy) is 1. The maximum absolute atomic E-state index is 10.5. The van der Waals surface area contributed by atoms with Crippen molar-refractivity contribution in [3.63, 3.8) is 0 Å². The van der Waals surface area contributed by atoms with Gasteiger partial charge in [-0.1, -0.05) is 13.3 Å². The second-order valence-corrected chi connectivity index (χ2v) is 2.61. The predicted octanol–water partition coefficient (Wildman–Crippen LogP) is 1.78. The molecule has 0 radical (unpaired) electrons. The van der Waals surface area contributed by atoms with Crippen molar-refractivity contribution in [2.45, 2.75) is 39.2 Å². The third kappa shape index (κ3) is 2.97. The van der Waals surface area contributed by atoms with E-state index in [2.05, 4.69) is 0 Å². The molecule has 0 aliphatic heterocycles. The largest absolute Gasteiger partial charge is 0.368 e. The minimum atomic E-state index is -0.538. The third-order valence-electron chi connectivity index (χ3n) is 1.47. The topological polar surface area (TPSA) is 26.3 Å². The standard InChI is InChI=1S/C8H16O2/c1-4-6-8(3,7-9)10-5-2/h7H,4-6H2,1-3H3. The van der Waals surface area contributed by atoms with Crippen molar-refractivity contribution in [1.29, 1.82) is 0 Å². The summed E-state index contributed by atoms with van der Waals surface area (Å²) in [6.45, 7) is 6.38. The van der Waals surface area contributed by atoms with Crippen LogP contribution in [0.2, 0.25) is 0 Å². The molecule has 0 amide bonds. The van der Waals surface area contributed by atoms with Crippen LogP contribution in [0.5, 0.6) is 0 Å². The molecule has 0 N–H and O–H groups in total. The fraction of sp³-hybridized carbons (Fsp3) is 0.875. The first kappa shape index (κ1) is 9.63. The van der Waals surface area contributed by atoms with E-state index in [0.717, 1.165) is 19.1 Å². The van der Waals surface area contributed by atoms with E-state index in [1.165, 1.54) is 0 Å². The first-order valence-corrected chi connectivity index (χ1v) is 3.78. The van der Waals surface area contributed by atoms with E-state index >= 15 is 0 Å². The number of rotatable bonds is 5. The molecule has 0 bridgehead atoms. The smallest absolute Gasteiger partial charge is 0.151 e. The Labute approximate surface area is 62.6 Å². The van der Waals surface area contributed by atoms with Crippen LogP contribution in [0, 0.1) is 0 Å². The van der Waals surface area contributed by atoms with E-state index < -0.39 is 5.60 Å². The van der Waals surface area contributed by atoms with Gasteiger partial charge in [-0.2, -0.15) is 0 Å². The SMILES string of the molecule is CCCC(C)(C=O)OCC. The van der Waals surface area contributed by atoms with Crippen LogP contribution in [-0.2, 0) is 9.53 Å². The van der Waals surface area contributed by atoms with Crippen LogP contribution in [-0.4, -0.2) is 18.5 Å². The summed E-state index contributed by atoms with van der Waals surface area (Å²) in [4.78, 5) is 10.5. The van der Waals surface area contributed by atoms with Gasteiger partial charge < -0.3 is 9.53 Å². The van der Waals surface area contributed by atoms with Crippen LogP contribution in [0.25, 0.3) is 0 Å². The summed E-state index contributed by atoms with van der Waals surface area (Å²) in [7, 11) is 0. The number of hydrogen-bond donors (Lipinski definition) is 0. The average Bonchev–Trinajstić information content (AvgIpc) is 1.89. The van der Waals surface area contributed by atoms with Crippen molar-refractivity contribution in [2.24, 2.45) is 0 Å². The van der Waals surface area contributed by atoms with E-state index in [0.29, 0.717) is 6.61 Å². The van der Waals surface area contributed by atoms with Crippen LogP contribution in [0.4, 0.5) is 0 Å². The highest BCUT2D eigenvalue weighted by molar-refractivity contribution is 5.61. The minimum Gasteiger partial charge on any atom is -0.368 e. The number of carbonyl (C=O) groups is 1. The van der Waals surface area contributed by atoms with E-state index in [9.17, 15) is 4.79 Å². The summed E-state index contributed by atoms with van der Waals surface area (Å²) >= 11 is 0. The van der Waals surface area contributed by atoms with Gasteiger partial charge in [-0.05, 0) is 20.3 Å². The lowest BCUT2D eigenvalue weighted by atomic mass is 10.0. The zero-order chi connectivity index (χ0) is 8.04. The summed E-state index contributed by atoms with van der Waals surface area (Å²) in [5, 5.41) is 0. The molecule has 0 rings (SSSR count). The lowest BCUT2D eigenvalue weighted by Crippen LogP contribution is -2.30. The van der Waals surface area contributed by atoms with Gasteiger partial charge in [-0.3, -0.25) is 0 Å². The fourth-order valence-corrected chi connectivity index (χ4v) is 0.991. The molecule has 1 unspecified atom stereocenters. The summed E-state index contributed by atoms with van der Waals surface area (Å²) in [5.74, 6) is 0. The predicted molar refractivity (Wildman–Crippen MR) is 41.0 cm³/mol. The Hall–Kier alpha value is -0.370. The summed E-state index contributed by atoms with van der Waals surface area (Å²) in [5.41, 5.74) is -0.538. The van der Waals surface area contributed by atoms with E-state index in [1.807, 2.05) is 20.8 Å². The average molecular weight is 144 g/mol. The number of carbonyl (C=O) groups excluding carboxylic acids is 1. The van der Waals surface area contributed by atoms with Crippen molar-refractivity contribution in [1.82, 2.24) is 0 Å². The molecule has 0 saturated carbocycles. The van der Waals surface area contributed by atoms with Gasteiger partial charge in [0.05, 0.1) is 0 Å². The monoisotopic (exact) mass is 144 g/mol. The molecular formula is C8H16O2. The molecule has 0 aromatic rings. The number of hydrogen-bond acceptors (Lipinski definition) is 2. The lowest BCUT2D eigenvalue weighted by molar-refractivity contribution is -0.129. The Balaban J connectivity index is 3.81. The minimum absolute atomic E-state index is 0.538. The van der Waals surface area contributed by atoms with Gasteiger partial charge in [0, 0.05) is 6.61 Å². The number of aldehydes is 1. The van der Waals surface area contributed by atoms with Crippen molar-refractivity contribution in [3.8, 4) is 0 Å². The highest BCUT2D eigenvalue weighted by atomic mass is 16.5. The van der Waals surface area contributed by atoms with Crippen molar-refractivity contribution in [2.75, 3.05) is 6.61 Å². The van der Waals surface area contributed by atoms with E-state index in [1.54, 1.807) is 0 Å². The molecule has 0 spiro atoms. The van der Waals surface area contributed by atoms with Gasteiger partial charge in [0.2, 0.25) is 0 Å². The molecule has 0 aliphatic carbocycles. The Morgan fingerprint density at radius 2 is 2.10 bits per heavy atom. The molecule has 0 aromatic heterocycles. The quantitative estimate of drug-likeness (QED) is 0.550. The first-order chi connectivity index (χ1) is 4.68. The van der Waals surface area contributed by atoms with Gasteiger partial charge >= 0.3 is 0 Å². The maximum Gasteiger partial charge on any atom is 0.151 e. The van der Waals surface area contributed by atoms with Crippen LogP contribution in [0.15, 0.2) is 0 Å². The maximum atomic E-state index is 10.5. The molecule has 2 heteroatoms. The summed E-state index contributed by atoms with van der Waals surface area (Å²) < 4.78 is 5.25. The fourth-order valence-electron chi connectivity index (χ4n) is 0.991. The second kappa shape index (κ2) is 4.45. The zero-order valence-electron chi connectivity index (χ0n) is 7.02. The summed E-state index contributed by atoms with van der Waals surface area (Å²) in [6, 6.07) is 0. The highest BCUT2D eigenvalue weighted by Crippen LogP contribution is 2.13. The van der Waals surface area contributed by atoms with E-state index in [-0.39, 0.29) is 0 Å². The Morgan fingerprint density at radius 1 is 1.50 bits per heavy atom. The van der Waals surface area contributed by atoms with Crippen molar-refractivity contribution >= 4 is 6.29 Å². The van der Waals surface area contributed by atoms with Gasteiger partial charge in [0.15, 0.2) is 6.29 Å². The molecular weight excluding hydrogens is 128 g/mol. The Bertz CT molecular complexity index is 93.4. The molecule has 2 nitrogen and oxygen atoms in total. The lowest BCUT2D eigenvalue weighted by Gasteiger charge is -2.21. The highest BCUT2D eigenvalue weighted by Gasteiger charge is 2.21. The molecule has 0 saturated heterocycles. The van der Waals surface area contributed by atoms with Crippen LogP contribution < -0.4 is 0 Å². The van der Waals surface area contributed by atoms with Crippen LogP contribution >= 0.6 is 0 Å². The van der Waals surface area contributed by atoms with Gasteiger partial charge in [0.25, 0.3) is 0 Å². The molecule has 0 aliphatic rings. The molecule has 0 fully saturated rings. The summed E-state index contributed by atoms with van der Waals surface area (Å²) in [6.07, 6.45) is 2.68. The third-order valence-corrected chi connectivity index (χ3v) is 1.47. The molecule has 0 aromatic carbocycles. The van der Waals surface area contributed by atoms with Gasteiger partial charge in [0.1, 0.15) is 5.60 Å². The van der Waals surface area contributed by atoms with Gasteiger partial charge in [-0.25, -0.2) is 0 Å². The van der Waals surface area contributed by atoms with Crippen LogP contribution in [0.3, 0.4) is 0 Å². The van der Waals surface area contributed by atoms with Crippen molar-refractivity contribution < 1.29 is 9.53 Å². The Morgan fingerprint density at radius 3 is 2.40 bits per heavy atom. The molecule has 0 heterocycles. The van der Waals surface area contributed by atoms with Crippen LogP contribution in [0.1, 0.15) is 33.6 Å². The zero-order valence-corrected chi connectivity index (χ0v) is 7.02. The molecule has 10 heavy (non-hydrogen) atoms. The first-order valence-electron chi connectivity index (χ1n) is 3.78. The Kier molecular flexibility index (Phi) is 4.28. The molecule has 60 valence electrons. The molecule has 1 atom stereocenters. The van der Waals surface area contributed by atoms with Crippen molar-refractivity contribution in [3.05, 3.63) is 0 Å². The second-order valence-electron chi connectivity index (χ2n) is 2.61. The van der Waals surface area contributed by atoms with Gasteiger partial charge in [-0.15, -0.1) is 0 Å².